The molecule has 0 unspecified atom stereocenters. The Morgan fingerprint density at radius 3 is 1.80 bits per heavy atom. The number of unbranched alkanes of at least 4 members (excludes halogenated alkanes) is 12. The number of nitrogens with one attached hydrogen (secondary N) is 1. The van der Waals surface area contributed by atoms with Gasteiger partial charge in [-0.3, -0.25) is 4.79 Å². The smallest absolute Gasteiger partial charge is 0.309 e. The third-order valence-corrected chi connectivity index (χ3v) is 5.91. The highest BCUT2D eigenvalue weighted by atomic mass is 16.4. The largest absolute Gasteiger partial charge is 0.481 e. The summed E-state index contributed by atoms with van der Waals surface area (Å²) in [4.78, 5) is 10.7. The van der Waals surface area contributed by atoms with E-state index in [2.05, 4.69) is 38.5 Å². The summed E-state index contributed by atoms with van der Waals surface area (Å²) < 4.78 is 0.794. The van der Waals surface area contributed by atoms with Crippen molar-refractivity contribution in [2.75, 3.05) is 40.3 Å². The van der Waals surface area contributed by atoms with Crippen molar-refractivity contribution < 1.29 is 14.4 Å². The average molecular weight is 426 g/mol. The van der Waals surface area contributed by atoms with Crippen LogP contribution in [-0.4, -0.2) is 55.8 Å². The molecule has 0 aromatic rings. The van der Waals surface area contributed by atoms with Gasteiger partial charge in [0.25, 0.3) is 0 Å². The van der Waals surface area contributed by atoms with Crippen LogP contribution in [0.5, 0.6) is 0 Å². The lowest BCUT2D eigenvalue weighted by Crippen LogP contribution is -2.43. The van der Waals surface area contributed by atoms with Crippen LogP contribution in [0.4, 0.5) is 0 Å². The summed E-state index contributed by atoms with van der Waals surface area (Å²) in [6.07, 6.45) is 25.1. The molecule has 4 heteroatoms. The minimum Gasteiger partial charge on any atom is -0.481 e. The van der Waals surface area contributed by atoms with Crippen LogP contribution in [0.1, 0.15) is 110 Å². The molecular formula is C26H53N2O2+. The Morgan fingerprint density at radius 1 is 0.733 bits per heavy atom. The van der Waals surface area contributed by atoms with Gasteiger partial charge in [-0.1, -0.05) is 76.9 Å². The highest BCUT2D eigenvalue weighted by Gasteiger charge is 2.15. The number of quaternary nitrogens is 1. The van der Waals surface area contributed by atoms with Crippen LogP contribution in [0.3, 0.4) is 0 Å². The van der Waals surface area contributed by atoms with E-state index in [1.54, 1.807) is 0 Å². The van der Waals surface area contributed by atoms with Crippen LogP contribution in [-0.2, 0) is 4.79 Å². The molecule has 0 saturated carbocycles. The lowest BCUT2D eigenvalue weighted by atomic mass is 10.1. The Hall–Kier alpha value is -0.870. The monoisotopic (exact) mass is 425 g/mol. The van der Waals surface area contributed by atoms with E-state index < -0.39 is 5.97 Å². The van der Waals surface area contributed by atoms with Crippen LogP contribution in [0.2, 0.25) is 0 Å². The van der Waals surface area contributed by atoms with Crippen molar-refractivity contribution in [1.29, 1.82) is 0 Å². The fraction of sp³-hybridized carbons (Fsp3) is 0.885. The van der Waals surface area contributed by atoms with Gasteiger partial charge in [-0.15, -0.1) is 0 Å². The van der Waals surface area contributed by atoms with Gasteiger partial charge in [0, 0.05) is 13.0 Å². The van der Waals surface area contributed by atoms with Gasteiger partial charge in [0.15, 0.2) is 0 Å². The lowest BCUT2D eigenvalue weighted by molar-refractivity contribution is -0.889. The highest BCUT2D eigenvalue weighted by molar-refractivity contribution is 5.66. The average Bonchev–Trinajstić information content (AvgIpc) is 2.71. The second kappa shape index (κ2) is 21.4. The molecule has 0 spiro atoms. The molecule has 0 fully saturated rings. The summed E-state index contributed by atoms with van der Waals surface area (Å²) >= 11 is 0. The summed E-state index contributed by atoms with van der Waals surface area (Å²) in [5, 5.41) is 12.3. The van der Waals surface area contributed by atoms with Gasteiger partial charge in [0.05, 0.1) is 33.6 Å². The van der Waals surface area contributed by atoms with Crippen LogP contribution in [0.15, 0.2) is 12.2 Å². The molecule has 0 amide bonds. The zero-order valence-electron chi connectivity index (χ0n) is 20.6. The number of allylic oxidation sites excluding steroid dienone is 2. The Labute approximate surface area is 188 Å². The highest BCUT2D eigenvalue weighted by Crippen LogP contribution is 2.09. The minimum atomic E-state index is -0.695. The van der Waals surface area contributed by atoms with Crippen molar-refractivity contribution in [3.8, 4) is 0 Å². The number of carboxylic acid groups (broad SMARTS) is 1. The fourth-order valence-electron chi connectivity index (χ4n) is 3.76. The molecule has 0 aliphatic carbocycles. The number of hydrogen-bond donors (Lipinski definition) is 2. The van der Waals surface area contributed by atoms with E-state index in [1.807, 2.05) is 0 Å². The van der Waals surface area contributed by atoms with Gasteiger partial charge in [0.1, 0.15) is 0 Å². The lowest BCUT2D eigenvalue weighted by Gasteiger charge is -2.29. The topological polar surface area (TPSA) is 49.3 Å². The Balaban J connectivity index is 3.24. The van der Waals surface area contributed by atoms with E-state index in [4.69, 9.17) is 5.11 Å². The SMILES string of the molecule is CCCCCCCC/C=C\CCCCCCCCNCCC[N+](C)(C)CCC(=O)O. The molecule has 0 rings (SSSR count). The molecule has 0 aliphatic heterocycles. The van der Waals surface area contributed by atoms with E-state index in [0.717, 1.165) is 30.5 Å². The first-order valence-electron chi connectivity index (χ1n) is 12.9. The molecule has 4 nitrogen and oxygen atoms in total. The summed E-state index contributed by atoms with van der Waals surface area (Å²) in [6, 6.07) is 0. The van der Waals surface area contributed by atoms with E-state index in [1.165, 1.54) is 89.9 Å². The molecule has 0 saturated heterocycles. The second-order valence-corrected chi connectivity index (χ2v) is 9.57. The van der Waals surface area contributed by atoms with Crippen molar-refractivity contribution in [2.45, 2.75) is 110 Å². The van der Waals surface area contributed by atoms with Gasteiger partial charge in [-0.05, 0) is 38.6 Å². The number of carbonyl (C=O) groups is 1. The Bertz CT molecular complexity index is 408. The van der Waals surface area contributed by atoms with Crippen LogP contribution >= 0.6 is 0 Å². The molecule has 0 aliphatic rings. The zero-order valence-corrected chi connectivity index (χ0v) is 20.6. The van der Waals surface area contributed by atoms with Crippen molar-refractivity contribution in [1.82, 2.24) is 5.32 Å². The first-order chi connectivity index (χ1) is 14.5. The third-order valence-electron chi connectivity index (χ3n) is 5.91. The number of nitrogens with zero attached hydrogens (tertiary/aromatic N) is 1. The maximum Gasteiger partial charge on any atom is 0.309 e. The Kier molecular flexibility index (Phi) is 20.7. The van der Waals surface area contributed by atoms with Gasteiger partial charge < -0.3 is 14.9 Å². The van der Waals surface area contributed by atoms with Crippen LogP contribution in [0, 0.1) is 0 Å². The number of hydrogen-bond acceptors (Lipinski definition) is 2. The van der Waals surface area contributed by atoms with Crippen LogP contribution in [0.25, 0.3) is 0 Å². The van der Waals surface area contributed by atoms with Crippen LogP contribution < -0.4 is 5.32 Å². The van der Waals surface area contributed by atoms with Gasteiger partial charge in [0.2, 0.25) is 0 Å². The number of rotatable bonds is 23. The maximum atomic E-state index is 10.7. The van der Waals surface area contributed by atoms with Crippen molar-refractivity contribution in [2.24, 2.45) is 0 Å². The first kappa shape index (κ1) is 29.1. The van der Waals surface area contributed by atoms with Gasteiger partial charge in [-0.25, -0.2) is 0 Å². The molecular weight excluding hydrogens is 372 g/mol. The summed E-state index contributed by atoms with van der Waals surface area (Å²) in [5.41, 5.74) is 0. The van der Waals surface area contributed by atoms with Crippen molar-refractivity contribution in [3.05, 3.63) is 12.2 Å². The summed E-state index contributed by atoms with van der Waals surface area (Å²) in [5.74, 6) is -0.695. The normalized spacial score (nSPS) is 12.1. The molecule has 0 aromatic heterocycles. The number of aliphatic carboxylic acids is 1. The first-order valence-corrected chi connectivity index (χ1v) is 12.9. The summed E-state index contributed by atoms with van der Waals surface area (Å²) in [6.45, 7) is 6.18. The molecule has 2 N–H and O–H groups in total. The van der Waals surface area contributed by atoms with E-state index in [-0.39, 0.29) is 6.42 Å². The van der Waals surface area contributed by atoms with E-state index >= 15 is 0 Å². The standard InChI is InChI=1S/C26H52N2O2/c1-4-5-6-7-8-9-10-11-12-13-14-15-16-17-18-19-22-27-23-20-24-28(2,3)25-21-26(29)30/h11-12,27H,4-10,13-25H2,1-3H3/p+1/b12-11-. The molecule has 0 heterocycles. The van der Waals surface area contributed by atoms with E-state index in [0.29, 0.717) is 6.54 Å². The second-order valence-electron chi connectivity index (χ2n) is 9.57. The molecule has 0 atom stereocenters. The van der Waals surface area contributed by atoms with Crippen molar-refractivity contribution in [3.63, 3.8) is 0 Å². The molecule has 30 heavy (non-hydrogen) atoms. The summed E-state index contributed by atoms with van der Waals surface area (Å²) in [7, 11) is 4.24. The van der Waals surface area contributed by atoms with Crippen molar-refractivity contribution >= 4 is 5.97 Å². The van der Waals surface area contributed by atoms with Gasteiger partial charge >= 0.3 is 5.97 Å². The predicted octanol–water partition coefficient (Wildman–Crippen LogP) is 6.55. The fourth-order valence-corrected chi connectivity index (χ4v) is 3.76. The quantitative estimate of drug-likeness (QED) is 0.111. The predicted molar refractivity (Wildman–Crippen MR) is 131 cm³/mol. The van der Waals surface area contributed by atoms with Gasteiger partial charge in [-0.2, -0.15) is 0 Å². The molecule has 0 radical (unpaired) electrons. The third kappa shape index (κ3) is 23.4. The minimum absolute atomic E-state index is 0.260. The van der Waals surface area contributed by atoms with E-state index in [9.17, 15) is 4.79 Å². The number of carboxylic acids is 1. The zero-order chi connectivity index (χ0) is 22.3. The molecule has 0 bridgehead atoms. The molecule has 178 valence electrons. The molecule has 0 aromatic carbocycles. The maximum absolute atomic E-state index is 10.7. The Morgan fingerprint density at radius 2 is 1.23 bits per heavy atom.